The van der Waals surface area contributed by atoms with Crippen molar-refractivity contribution in [3.63, 3.8) is 0 Å². The number of anilines is 1. The predicted octanol–water partition coefficient (Wildman–Crippen LogP) is 1.02. The fourth-order valence-corrected chi connectivity index (χ4v) is 1.01. The van der Waals surface area contributed by atoms with Crippen molar-refractivity contribution in [2.75, 3.05) is 11.9 Å². The molecule has 0 saturated carbocycles. The maximum absolute atomic E-state index is 11.1. The molecule has 13 heavy (non-hydrogen) atoms. The van der Waals surface area contributed by atoms with E-state index < -0.39 is 0 Å². The molecule has 0 bridgehead atoms. The highest BCUT2D eigenvalue weighted by Crippen LogP contribution is 2.11. The number of pyridine rings is 1. The SMILES string of the molecule is NCCC(=O)Nc1ccnc(Cl)c1. The third-order valence-electron chi connectivity index (χ3n) is 1.38. The van der Waals surface area contributed by atoms with Gasteiger partial charge in [-0.2, -0.15) is 0 Å². The normalized spacial score (nSPS) is 9.69. The first-order chi connectivity index (χ1) is 6.22. The summed E-state index contributed by atoms with van der Waals surface area (Å²) in [5.41, 5.74) is 5.85. The number of aromatic nitrogens is 1. The van der Waals surface area contributed by atoms with E-state index in [-0.39, 0.29) is 5.91 Å². The third kappa shape index (κ3) is 3.40. The lowest BCUT2D eigenvalue weighted by Crippen LogP contribution is -2.16. The van der Waals surface area contributed by atoms with Crippen LogP contribution >= 0.6 is 11.6 Å². The Bertz CT molecular complexity index is 303. The van der Waals surface area contributed by atoms with Crippen LogP contribution in [-0.4, -0.2) is 17.4 Å². The van der Waals surface area contributed by atoms with Gasteiger partial charge in [0, 0.05) is 24.8 Å². The van der Waals surface area contributed by atoms with E-state index in [1.54, 1.807) is 12.1 Å². The molecule has 0 spiro atoms. The Hall–Kier alpha value is -1.13. The molecule has 1 rings (SSSR count). The maximum atomic E-state index is 11.1. The highest BCUT2D eigenvalue weighted by atomic mass is 35.5. The smallest absolute Gasteiger partial charge is 0.225 e. The van der Waals surface area contributed by atoms with E-state index in [1.165, 1.54) is 6.20 Å². The second-order valence-electron chi connectivity index (χ2n) is 2.45. The number of hydrogen-bond donors (Lipinski definition) is 2. The number of carbonyl (C=O) groups excluding carboxylic acids is 1. The Morgan fingerprint density at radius 2 is 2.46 bits per heavy atom. The van der Waals surface area contributed by atoms with E-state index in [0.29, 0.717) is 23.8 Å². The van der Waals surface area contributed by atoms with Gasteiger partial charge in [-0.05, 0) is 12.1 Å². The largest absolute Gasteiger partial charge is 0.330 e. The van der Waals surface area contributed by atoms with Crippen molar-refractivity contribution in [2.24, 2.45) is 5.73 Å². The first-order valence-electron chi connectivity index (χ1n) is 3.84. The van der Waals surface area contributed by atoms with Gasteiger partial charge in [-0.1, -0.05) is 11.6 Å². The minimum Gasteiger partial charge on any atom is -0.330 e. The van der Waals surface area contributed by atoms with Gasteiger partial charge >= 0.3 is 0 Å². The molecule has 0 aromatic carbocycles. The number of carbonyl (C=O) groups is 1. The standard InChI is InChI=1S/C8H10ClN3O/c9-7-5-6(2-4-11-7)12-8(13)1-3-10/h2,4-5H,1,3,10H2,(H,11,12,13). The summed E-state index contributed by atoms with van der Waals surface area (Å²) in [5, 5.41) is 2.99. The minimum absolute atomic E-state index is 0.121. The quantitative estimate of drug-likeness (QED) is 0.715. The first kappa shape index (κ1) is 9.95. The molecule has 0 fully saturated rings. The monoisotopic (exact) mass is 199 g/mol. The van der Waals surface area contributed by atoms with Crippen molar-refractivity contribution >= 4 is 23.2 Å². The lowest BCUT2D eigenvalue weighted by molar-refractivity contribution is -0.116. The van der Waals surface area contributed by atoms with Crippen molar-refractivity contribution in [3.05, 3.63) is 23.5 Å². The third-order valence-corrected chi connectivity index (χ3v) is 1.59. The Morgan fingerprint density at radius 1 is 1.69 bits per heavy atom. The fraction of sp³-hybridized carbons (Fsp3) is 0.250. The molecule has 0 saturated heterocycles. The number of nitrogens with one attached hydrogen (secondary N) is 1. The van der Waals surface area contributed by atoms with Crippen LogP contribution in [0, 0.1) is 0 Å². The van der Waals surface area contributed by atoms with E-state index >= 15 is 0 Å². The Balaban J connectivity index is 2.58. The average Bonchev–Trinajstić information content (AvgIpc) is 2.04. The van der Waals surface area contributed by atoms with Crippen LogP contribution in [0.2, 0.25) is 5.15 Å². The van der Waals surface area contributed by atoms with Crippen LogP contribution in [0.1, 0.15) is 6.42 Å². The van der Waals surface area contributed by atoms with E-state index in [9.17, 15) is 4.79 Å². The Kier molecular flexibility index (Phi) is 3.67. The molecular formula is C8H10ClN3O. The van der Waals surface area contributed by atoms with Crippen molar-refractivity contribution in [1.82, 2.24) is 4.98 Å². The van der Waals surface area contributed by atoms with Gasteiger partial charge in [-0.3, -0.25) is 4.79 Å². The molecule has 1 heterocycles. The number of hydrogen-bond acceptors (Lipinski definition) is 3. The van der Waals surface area contributed by atoms with Crippen molar-refractivity contribution < 1.29 is 4.79 Å². The highest BCUT2D eigenvalue weighted by Gasteiger charge is 2.00. The Labute approximate surface area is 81.1 Å². The Morgan fingerprint density at radius 3 is 3.08 bits per heavy atom. The molecule has 0 aliphatic heterocycles. The van der Waals surface area contributed by atoms with Crippen molar-refractivity contribution in [3.8, 4) is 0 Å². The zero-order valence-electron chi connectivity index (χ0n) is 6.96. The van der Waals surface area contributed by atoms with Gasteiger partial charge in [0.2, 0.25) is 5.91 Å². The molecule has 4 nitrogen and oxygen atoms in total. The zero-order valence-corrected chi connectivity index (χ0v) is 7.71. The highest BCUT2D eigenvalue weighted by molar-refractivity contribution is 6.29. The van der Waals surface area contributed by atoms with Gasteiger partial charge < -0.3 is 11.1 Å². The molecule has 0 atom stereocenters. The molecule has 0 aliphatic carbocycles. The summed E-state index contributed by atoms with van der Waals surface area (Å²) in [6.07, 6.45) is 1.83. The summed E-state index contributed by atoms with van der Waals surface area (Å²) in [6.45, 7) is 0.338. The maximum Gasteiger partial charge on any atom is 0.225 e. The molecule has 1 amide bonds. The second kappa shape index (κ2) is 4.79. The molecule has 3 N–H and O–H groups in total. The summed E-state index contributed by atoms with van der Waals surface area (Å²) < 4.78 is 0. The summed E-state index contributed by atoms with van der Waals surface area (Å²) in [5.74, 6) is -0.121. The van der Waals surface area contributed by atoms with E-state index in [0.717, 1.165) is 0 Å². The lowest BCUT2D eigenvalue weighted by Gasteiger charge is -2.03. The van der Waals surface area contributed by atoms with E-state index in [1.807, 2.05) is 0 Å². The van der Waals surface area contributed by atoms with Crippen molar-refractivity contribution in [2.45, 2.75) is 6.42 Å². The summed E-state index contributed by atoms with van der Waals surface area (Å²) in [7, 11) is 0. The van der Waals surface area contributed by atoms with Crippen LogP contribution in [0.15, 0.2) is 18.3 Å². The van der Waals surface area contributed by atoms with Crippen LogP contribution in [0.5, 0.6) is 0 Å². The van der Waals surface area contributed by atoms with Gasteiger partial charge in [0.25, 0.3) is 0 Å². The zero-order chi connectivity index (χ0) is 9.68. The van der Waals surface area contributed by atoms with Crippen LogP contribution in [0.25, 0.3) is 0 Å². The van der Waals surface area contributed by atoms with Crippen molar-refractivity contribution in [1.29, 1.82) is 0 Å². The molecule has 0 unspecified atom stereocenters. The molecule has 1 aromatic rings. The lowest BCUT2D eigenvalue weighted by atomic mass is 10.3. The number of rotatable bonds is 3. The number of nitrogens with zero attached hydrogens (tertiary/aromatic N) is 1. The van der Waals surface area contributed by atoms with E-state index in [2.05, 4.69) is 10.3 Å². The van der Waals surface area contributed by atoms with Crippen LogP contribution in [0.3, 0.4) is 0 Å². The second-order valence-corrected chi connectivity index (χ2v) is 2.84. The fourth-order valence-electron chi connectivity index (χ4n) is 0.835. The molecule has 1 aromatic heterocycles. The average molecular weight is 200 g/mol. The van der Waals surface area contributed by atoms with Gasteiger partial charge in [0.15, 0.2) is 0 Å². The number of nitrogens with two attached hydrogens (primary N) is 1. The number of amides is 1. The van der Waals surface area contributed by atoms with E-state index in [4.69, 9.17) is 17.3 Å². The predicted molar refractivity (Wildman–Crippen MR) is 51.5 cm³/mol. The molecule has 0 aliphatic rings. The van der Waals surface area contributed by atoms with Gasteiger partial charge in [0.05, 0.1) is 0 Å². The van der Waals surface area contributed by atoms with Crippen LogP contribution in [-0.2, 0) is 4.79 Å². The van der Waals surface area contributed by atoms with Gasteiger partial charge in [-0.15, -0.1) is 0 Å². The molecular weight excluding hydrogens is 190 g/mol. The van der Waals surface area contributed by atoms with Crippen LogP contribution < -0.4 is 11.1 Å². The van der Waals surface area contributed by atoms with Gasteiger partial charge in [0.1, 0.15) is 5.15 Å². The first-order valence-corrected chi connectivity index (χ1v) is 4.21. The molecule has 5 heteroatoms. The summed E-state index contributed by atoms with van der Waals surface area (Å²) >= 11 is 5.62. The topological polar surface area (TPSA) is 68.0 Å². The summed E-state index contributed by atoms with van der Waals surface area (Å²) in [4.78, 5) is 14.9. The number of halogens is 1. The van der Waals surface area contributed by atoms with Gasteiger partial charge in [-0.25, -0.2) is 4.98 Å². The minimum atomic E-state index is -0.121. The van der Waals surface area contributed by atoms with Crippen LogP contribution in [0.4, 0.5) is 5.69 Å². The molecule has 0 radical (unpaired) electrons. The summed E-state index contributed by atoms with van der Waals surface area (Å²) in [6, 6.07) is 3.25. The molecule has 70 valence electrons.